The number of benzene rings is 2. The minimum Gasteiger partial charge on any atom is -0.454 e. The Hall–Kier alpha value is -4.13. The lowest BCUT2D eigenvalue weighted by molar-refractivity contribution is 0.101. The predicted octanol–water partition coefficient (Wildman–Crippen LogP) is 4.25. The zero-order chi connectivity index (χ0) is 20.0. The second-order valence-electron chi connectivity index (χ2n) is 6.69. The number of pyridine rings is 1. The number of hydrogen-bond donors (Lipinski definition) is 2. The fourth-order valence-electron chi connectivity index (χ4n) is 3.42. The van der Waals surface area contributed by atoms with Gasteiger partial charge in [0.1, 0.15) is 17.1 Å². The van der Waals surface area contributed by atoms with Crippen LogP contribution in [0.5, 0.6) is 11.5 Å². The molecule has 0 spiro atoms. The van der Waals surface area contributed by atoms with Gasteiger partial charge in [-0.1, -0.05) is 18.2 Å². The molecule has 142 valence electrons. The van der Waals surface area contributed by atoms with E-state index in [1.807, 2.05) is 30.3 Å². The minimum absolute atomic E-state index is 0.299. The van der Waals surface area contributed by atoms with Gasteiger partial charge < -0.3 is 15.4 Å². The van der Waals surface area contributed by atoms with Gasteiger partial charge >= 0.3 is 0 Å². The molecule has 1 aliphatic heterocycles. The van der Waals surface area contributed by atoms with Crippen LogP contribution in [0, 0.1) is 6.92 Å². The lowest BCUT2D eigenvalue weighted by atomic mass is 10.1. The van der Waals surface area contributed by atoms with Crippen LogP contribution in [-0.2, 0) is 0 Å². The van der Waals surface area contributed by atoms with Crippen molar-refractivity contribution in [2.24, 2.45) is 0 Å². The standard InChI is InChI=1S/C22H16N4O3/c1-13-20(26-11-5-4-8-19(26)23-13)22(28)24-14-9-10-17-15(12-14)21(27)25-16-6-2-3-7-18(16)29-17/h2-12H,1H3,(H,24,28)(H,25,27). The van der Waals surface area contributed by atoms with E-state index in [4.69, 9.17) is 4.74 Å². The van der Waals surface area contributed by atoms with Crippen molar-refractivity contribution in [1.29, 1.82) is 0 Å². The molecule has 29 heavy (non-hydrogen) atoms. The van der Waals surface area contributed by atoms with Crippen LogP contribution in [0.2, 0.25) is 0 Å². The number of carbonyl (C=O) groups is 2. The van der Waals surface area contributed by atoms with Gasteiger partial charge in [-0.3, -0.25) is 14.0 Å². The second-order valence-corrected chi connectivity index (χ2v) is 6.69. The third kappa shape index (κ3) is 2.89. The van der Waals surface area contributed by atoms with Crippen LogP contribution >= 0.6 is 0 Å². The number of hydrogen-bond acceptors (Lipinski definition) is 4. The number of carbonyl (C=O) groups excluding carboxylic acids is 2. The highest BCUT2D eigenvalue weighted by atomic mass is 16.5. The molecule has 0 bridgehead atoms. The highest BCUT2D eigenvalue weighted by molar-refractivity contribution is 6.10. The number of aromatic nitrogens is 2. The van der Waals surface area contributed by atoms with Crippen molar-refractivity contribution in [3.05, 3.63) is 83.8 Å². The van der Waals surface area contributed by atoms with Gasteiger partial charge in [-0.25, -0.2) is 4.98 Å². The van der Waals surface area contributed by atoms with Crippen LogP contribution in [-0.4, -0.2) is 21.2 Å². The highest BCUT2D eigenvalue weighted by Gasteiger charge is 2.22. The summed E-state index contributed by atoms with van der Waals surface area (Å²) in [5.74, 6) is 0.389. The van der Waals surface area contributed by atoms with E-state index in [0.717, 1.165) is 0 Å². The summed E-state index contributed by atoms with van der Waals surface area (Å²) in [6, 6.07) is 17.7. The molecular formula is C22H16N4O3. The number of imidazole rings is 1. The summed E-state index contributed by atoms with van der Waals surface area (Å²) in [6.07, 6.45) is 1.79. The first-order valence-electron chi connectivity index (χ1n) is 9.07. The third-order valence-corrected chi connectivity index (χ3v) is 4.76. The average molecular weight is 384 g/mol. The van der Waals surface area contributed by atoms with E-state index < -0.39 is 0 Å². The van der Waals surface area contributed by atoms with Crippen LogP contribution in [0.25, 0.3) is 5.65 Å². The molecule has 0 fully saturated rings. The molecule has 7 heteroatoms. The summed E-state index contributed by atoms with van der Waals surface area (Å²) in [4.78, 5) is 30.0. The summed E-state index contributed by atoms with van der Waals surface area (Å²) in [6.45, 7) is 1.79. The minimum atomic E-state index is -0.306. The largest absolute Gasteiger partial charge is 0.454 e. The number of nitrogens with zero attached hydrogens (tertiary/aromatic N) is 2. The number of para-hydroxylation sites is 2. The fraction of sp³-hybridized carbons (Fsp3) is 0.0455. The average Bonchev–Trinajstić information content (AvgIpc) is 2.98. The predicted molar refractivity (Wildman–Crippen MR) is 109 cm³/mol. The van der Waals surface area contributed by atoms with Crippen LogP contribution < -0.4 is 15.4 Å². The van der Waals surface area contributed by atoms with Gasteiger partial charge in [-0.05, 0) is 49.4 Å². The molecule has 4 aromatic rings. The number of amides is 2. The Kier molecular flexibility index (Phi) is 3.80. The Balaban J connectivity index is 1.48. The molecule has 2 N–H and O–H groups in total. The van der Waals surface area contributed by atoms with Crippen molar-refractivity contribution in [1.82, 2.24) is 9.38 Å². The number of fused-ring (bicyclic) bond motifs is 3. The molecular weight excluding hydrogens is 368 g/mol. The lowest BCUT2D eigenvalue weighted by Gasteiger charge is -2.10. The van der Waals surface area contributed by atoms with E-state index >= 15 is 0 Å². The molecule has 1 aliphatic rings. The first-order chi connectivity index (χ1) is 14.1. The Morgan fingerprint density at radius 2 is 1.90 bits per heavy atom. The molecule has 0 atom stereocenters. The van der Waals surface area contributed by atoms with E-state index in [9.17, 15) is 9.59 Å². The van der Waals surface area contributed by atoms with Crippen molar-refractivity contribution in [2.75, 3.05) is 10.6 Å². The third-order valence-electron chi connectivity index (χ3n) is 4.76. The molecule has 0 saturated heterocycles. The van der Waals surface area contributed by atoms with Crippen LogP contribution in [0.15, 0.2) is 66.9 Å². The summed E-state index contributed by atoms with van der Waals surface area (Å²) in [7, 11) is 0. The quantitative estimate of drug-likeness (QED) is 0.541. The summed E-state index contributed by atoms with van der Waals surface area (Å²) in [5.41, 5.74) is 3.20. The van der Waals surface area contributed by atoms with Gasteiger partial charge in [0.15, 0.2) is 5.75 Å². The molecule has 7 nitrogen and oxygen atoms in total. The first kappa shape index (κ1) is 17.0. The Morgan fingerprint density at radius 1 is 1.07 bits per heavy atom. The van der Waals surface area contributed by atoms with E-state index in [-0.39, 0.29) is 11.8 Å². The molecule has 2 aromatic heterocycles. The first-order valence-corrected chi connectivity index (χ1v) is 9.07. The number of aryl methyl sites for hydroxylation is 1. The molecule has 2 aromatic carbocycles. The monoisotopic (exact) mass is 384 g/mol. The van der Waals surface area contributed by atoms with Crippen molar-refractivity contribution >= 4 is 28.8 Å². The normalized spacial score (nSPS) is 12.4. The maximum absolute atomic E-state index is 12.9. The number of nitrogens with one attached hydrogen (secondary N) is 2. The smallest absolute Gasteiger partial charge is 0.274 e. The number of rotatable bonds is 2. The summed E-state index contributed by atoms with van der Waals surface area (Å²) in [5, 5.41) is 5.68. The fourth-order valence-corrected chi connectivity index (χ4v) is 3.42. The molecule has 0 radical (unpaired) electrons. The van der Waals surface area contributed by atoms with Crippen molar-refractivity contribution in [3.63, 3.8) is 0 Å². The van der Waals surface area contributed by atoms with Crippen molar-refractivity contribution in [3.8, 4) is 11.5 Å². The van der Waals surface area contributed by atoms with Gasteiger partial charge in [0, 0.05) is 11.9 Å². The van der Waals surface area contributed by atoms with Gasteiger partial charge in [-0.15, -0.1) is 0 Å². The molecule has 5 rings (SSSR count). The summed E-state index contributed by atoms with van der Waals surface area (Å²) < 4.78 is 7.61. The van der Waals surface area contributed by atoms with Crippen molar-refractivity contribution < 1.29 is 14.3 Å². The van der Waals surface area contributed by atoms with E-state index in [1.54, 1.807) is 47.9 Å². The maximum Gasteiger partial charge on any atom is 0.274 e. The number of ether oxygens (including phenoxy) is 1. The van der Waals surface area contributed by atoms with Crippen LogP contribution in [0.4, 0.5) is 11.4 Å². The molecule has 2 amide bonds. The highest BCUT2D eigenvalue weighted by Crippen LogP contribution is 2.36. The Morgan fingerprint density at radius 3 is 2.79 bits per heavy atom. The van der Waals surface area contributed by atoms with Gasteiger partial charge in [-0.2, -0.15) is 0 Å². The van der Waals surface area contributed by atoms with Gasteiger partial charge in [0.25, 0.3) is 11.8 Å². The van der Waals surface area contributed by atoms with Gasteiger partial charge in [0.2, 0.25) is 0 Å². The SMILES string of the molecule is Cc1nc2ccccn2c1C(=O)Nc1ccc2c(c1)C(=O)Nc1ccccc1O2. The molecule has 3 heterocycles. The van der Waals surface area contributed by atoms with Crippen LogP contribution in [0.3, 0.4) is 0 Å². The maximum atomic E-state index is 12.9. The van der Waals surface area contributed by atoms with Crippen LogP contribution in [0.1, 0.15) is 26.5 Å². The molecule has 0 aliphatic carbocycles. The topological polar surface area (TPSA) is 84.7 Å². The zero-order valence-electron chi connectivity index (χ0n) is 15.5. The number of anilines is 2. The van der Waals surface area contributed by atoms with Gasteiger partial charge in [0.05, 0.1) is 16.9 Å². The Labute approximate surface area is 166 Å². The van der Waals surface area contributed by atoms with E-state index in [0.29, 0.717) is 45.5 Å². The Bertz CT molecular complexity index is 1290. The van der Waals surface area contributed by atoms with E-state index in [1.165, 1.54) is 0 Å². The zero-order valence-corrected chi connectivity index (χ0v) is 15.5. The molecule has 0 saturated carbocycles. The molecule has 0 unspecified atom stereocenters. The lowest BCUT2D eigenvalue weighted by Crippen LogP contribution is -2.16. The summed E-state index contributed by atoms with van der Waals surface area (Å²) >= 11 is 0. The van der Waals surface area contributed by atoms with Crippen molar-refractivity contribution in [2.45, 2.75) is 6.92 Å². The second kappa shape index (κ2) is 6.49. The van der Waals surface area contributed by atoms with E-state index in [2.05, 4.69) is 15.6 Å².